The quantitative estimate of drug-likeness (QED) is 0.756. The maximum absolute atomic E-state index is 13.3. The molecule has 1 aliphatic rings. The molecule has 5 nitrogen and oxygen atoms in total. The van der Waals surface area contributed by atoms with Crippen molar-refractivity contribution in [2.75, 3.05) is 32.9 Å². The van der Waals surface area contributed by atoms with Crippen LogP contribution < -0.4 is 5.43 Å². The lowest BCUT2D eigenvalue weighted by molar-refractivity contribution is 0.0126. The van der Waals surface area contributed by atoms with Gasteiger partial charge in [-0.15, -0.1) is 0 Å². The Morgan fingerprint density at radius 2 is 2.20 bits per heavy atom. The van der Waals surface area contributed by atoms with Crippen molar-refractivity contribution in [3.63, 3.8) is 0 Å². The number of rotatable bonds is 2. The van der Waals surface area contributed by atoms with Crippen LogP contribution in [0.2, 0.25) is 0 Å². The third-order valence-electron chi connectivity index (χ3n) is 2.80. The van der Waals surface area contributed by atoms with Gasteiger partial charge in [-0.2, -0.15) is 0 Å². The molecule has 0 saturated carbocycles. The number of hydrazine groups is 1. The zero-order valence-corrected chi connectivity index (χ0v) is 10.9. The minimum atomic E-state index is -0.508. The topological polar surface area (TPSA) is 61.8 Å². The molecule has 0 bridgehead atoms. The van der Waals surface area contributed by atoms with Crippen LogP contribution in [0.25, 0.3) is 0 Å². The van der Waals surface area contributed by atoms with Crippen molar-refractivity contribution in [1.82, 2.24) is 10.4 Å². The van der Waals surface area contributed by atoms with E-state index in [0.29, 0.717) is 31.9 Å². The van der Waals surface area contributed by atoms with Crippen molar-refractivity contribution in [3.8, 4) is 11.8 Å². The number of ether oxygens (including phenoxy) is 1. The van der Waals surface area contributed by atoms with Gasteiger partial charge in [0.1, 0.15) is 12.4 Å². The molecule has 1 amide bonds. The summed E-state index contributed by atoms with van der Waals surface area (Å²) in [5.74, 6) is 4.16. The highest BCUT2D eigenvalue weighted by atomic mass is 19.1. The fraction of sp³-hybridized carbons (Fsp3) is 0.357. The zero-order chi connectivity index (χ0) is 14.4. The van der Waals surface area contributed by atoms with Crippen LogP contribution in [0.3, 0.4) is 0 Å². The number of morpholine rings is 1. The van der Waals surface area contributed by atoms with Crippen molar-refractivity contribution < 1.29 is 19.0 Å². The molecule has 0 aromatic heterocycles. The molecule has 0 spiro atoms. The Morgan fingerprint density at radius 3 is 2.90 bits per heavy atom. The van der Waals surface area contributed by atoms with Crippen molar-refractivity contribution in [2.24, 2.45) is 0 Å². The summed E-state index contributed by atoms with van der Waals surface area (Å²) in [4.78, 5) is 12.2. The van der Waals surface area contributed by atoms with Crippen molar-refractivity contribution >= 4 is 5.91 Å². The molecule has 1 heterocycles. The number of nitrogens with one attached hydrogen (secondary N) is 1. The predicted molar refractivity (Wildman–Crippen MR) is 70.2 cm³/mol. The van der Waals surface area contributed by atoms with Crippen LogP contribution in [0.4, 0.5) is 4.39 Å². The lowest BCUT2D eigenvalue weighted by atomic mass is 10.1. The molecular formula is C14H15FN2O3. The number of hydrogen-bond donors (Lipinski definition) is 2. The van der Waals surface area contributed by atoms with Gasteiger partial charge < -0.3 is 9.84 Å². The molecule has 1 saturated heterocycles. The first-order valence-electron chi connectivity index (χ1n) is 6.23. The van der Waals surface area contributed by atoms with Crippen LogP contribution in [0, 0.1) is 17.7 Å². The lowest BCUT2D eigenvalue weighted by Crippen LogP contribution is -2.48. The standard InChI is InChI=1S/C14H15FN2O3/c15-12-4-3-11(2-1-7-18)13(10-12)14(19)16-17-5-8-20-9-6-17/h3-4,10,18H,5-9H2,(H,16,19). The second kappa shape index (κ2) is 7.01. The Labute approximate surface area is 116 Å². The highest BCUT2D eigenvalue weighted by Crippen LogP contribution is 2.11. The van der Waals surface area contributed by atoms with E-state index >= 15 is 0 Å². The van der Waals surface area contributed by atoms with Gasteiger partial charge in [0, 0.05) is 18.7 Å². The third kappa shape index (κ3) is 3.78. The van der Waals surface area contributed by atoms with Gasteiger partial charge in [-0.25, -0.2) is 9.40 Å². The van der Waals surface area contributed by atoms with Gasteiger partial charge in [-0.3, -0.25) is 10.2 Å². The average molecular weight is 278 g/mol. The van der Waals surface area contributed by atoms with E-state index in [1.54, 1.807) is 5.01 Å². The number of hydrogen-bond acceptors (Lipinski definition) is 4. The zero-order valence-electron chi connectivity index (χ0n) is 10.9. The number of carbonyl (C=O) groups excluding carboxylic acids is 1. The molecule has 0 aliphatic carbocycles. The van der Waals surface area contributed by atoms with Gasteiger partial charge >= 0.3 is 0 Å². The second-order valence-electron chi connectivity index (χ2n) is 4.19. The Balaban J connectivity index is 2.16. The fourth-order valence-corrected chi connectivity index (χ4v) is 1.83. The number of carbonyl (C=O) groups is 1. The highest BCUT2D eigenvalue weighted by Gasteiger charge is 2.17. The molecule has 1 aliphatic heterocycles. The average Bonchev–Trinajstić information content (AvgIpc) is 2.47. The summed E-state index contributed by atoms with van der Waals surface area (Å²) in [5.41, 5.74) is 3.23. The summed E-state index contributed by atoms with van der Waals surface area (Å²) < 4.78 is 18.5. The van der Waals surface area contributed by atoms with Gasteiger partial charge in [-0.05, 0) is 18.2 Å². The number of benzene rings is 1. The van der Waals surface area contributed by atoms with Gasteiger partial charge in [0.15, 0.2) is 0 Å². The smallest absolute Gasteiger partial charge is 0.266 e. The van der Waals surface area contributed by atoms with Crippen LogP contribution in [0.15, 0.2) is 18.2 Å². The Morgan fingerprint density at radius 1 is 1.45 bits per heavy atom. The van der Waals surface area contributed by atoms with Crippen molar-refractivity contribution in [3.05, 3.63) is 35.1 Å². The predicted octanol–water partition coefficient (Wildman–Crippen LogP) is 0.147. The minimum absolute atomic E-state index is 0.150. The molecule has 0 radical (unpaired) electrons. The van der Waals surface area contributed by atoms with E-state index in [0.717, 1.165) is 6.07 Å². The number of amides is 1. The number of halogens is 1. The molecule has 1 fully saturated rings. The van der Waals surface area contributed by atoms with E-state index in [1.807, 2.05) is 0 Å². The van der Waals surface area contributed by atoms with Crippen LogP contribution in [0.1, 0.15) is 15.9 Å². The van der Waals surface area contributed by atoms with E-state index in [4.69, 9.17) is 9.84 Å². The molecule has 1 aromatic rings. The molecule has 20 heavy (non-hydrogen) atoms. The first-order valence-corrected chi connectivity index (χ1v) is 6.23. The number of aliphatic hydroxyl groups is 1. The normalized spacial score (nSPS) is 15.3. The molecule has 1 aromatic carbocycles. The number of aliphatic hydroxyl groups excluding tert-OH is 1. The van der Waals surface area contributed by atoms with Gasteiger partial charge in [0.25, 0.3) is 5.91 Å². The Kier molecular flexibility index (Phi) is 5.07. The summed E-state index contributed by atoms with van der Waals surface area (Å²) >= 11 is 0. The van der Waals surface area contributed by atoms with E-state index in [-0.39, 0.29) is 12.2 Å². The minimum Gasteiger partial charge on any atom is -0.384 e. The molecule has 0 unspecified atom stereocenters. The Hall–Kier alpha value is -1.94. The van der Waals surface area contributed by atoms with Crippen LogP contribution >= 0.6 is 0 Å². The van der Waals surface area contributed by atoms with E-state index < -0.39 is 11.7 Å². The van der Waals surface area contributed by atoms with E-state index in [9.17, 15) is 9.18 Å². The summed E-state index contributed by atoms with van der Waals surface area (Å²) in [6.07, 6.45) is 0. The SMILES string of the molecule is O=C(NN1CCOCC1)c1cc(F)ccc1C#CCO. The summed E-state index contributed by atoms with van der Waals surface area (Å²) in [5, 5.41) is 10.4. The fourth-order valence-electron chi connectivity index (χ4n) is 1.83. The monoisotopic (exact) mass is 278 g/mol. The molecular weight excluding hydrogens is 263 g/mol. The third-order valence-corrected chi connectivity index (χ3v) is 2.80. The highest BCUT2D eigenvalue weighted by molar-refractivity contribution is 5.96. The Bertz CT molecular complexity index is 545. The summed E-state index contributed by atoms with van der Waals surface area (Å²) in [6.45, 7) is 1.93. The first-order chi connectivity index (χ1) is 9.70. The van der Waals surface area contributed by atoms with Crippen molar-refractivity contribution in [1.29, 1.82) is 0 Å². The van der Waals surface area contributed by atoms with E-state index in [2.05, 4.69) is 17.3 Å². The summed E-state index contributed by atoms with van der Waals surface area (Å²) in [7, 11) is 0. The molecule has 106 valence electrons. The van der Waals surface area contributed by atoms with Crippen molar-refractivity contribution in [2.45, 2.75) is 0 Å². The van der Waals surface area contributed by atoms with Crippen LogP contribution in [-0.4, -0.2) is 48.9 Å². The van der Waals surface area contributed by atoms with Gasteiger partial charge in [0.05, 0.1) is 18.8 Å². The first kappa shape index (κ1) is 14.5. The largest absolute Gasteiger partial charge is 0.384 e. The van der Waals surface area contributed by atoms with E-state index in [1.165, 1.54) is 12.1 Å². The lowest BCUT2D eigenvalue weighted by Gasteiger charge is -2.27. The van der Waals surface area contributed by atoms with Crippen LogP contribution in [0.5, 0.6) is 0 Å². The van der Waals surface area contributed by atoms with Crippen LogP contribution in [-0.2, 0) is 4.74 Å². The second-order valence-corrected chi connectivity index (χ2v) is 4.19. The maximum atomic E-state index is 13.3. The molecule has 6 heteroatoms. The van der Waals surface area contributed by atoms with Gasteiger partial charge in [-0.1, -0.05) is 11.8 Å². The number of nitrogens with zero attached hydrogens (tertiary/aromatic N) is 1. The summed E-state index contributed by atoms with van der Waals surface area (Å²) in [6, 6.07) is 3.79. The maximum Gasteiger partial charge on any atom is 0.266 e. The molecule has 2 N–H and O–H groups in total. The van der Waals surface area contributed by atoms with Gasteiger partial charge in [0.2, 0.25) is 0 Å². The molecule has 2 rings (SSSR count). The molecule has 0 atom stereocenters.